The molecule has 286 valence electrons. The van der Waals surface area contributed by atoms with Crippen molar-refractivity contribution in [3.05, 3.63) is 259 Å². The average Bonchev–Trinajstić information content (AvgIpc) is 3.62. The van der Waals surface area contributed by atoms with E-state index in [0.717, 1.165) is 61.9 Å². The summed E-state index contributed by atoms with van der Waals surface area (Å²) in [7, 11) is 0. The van der Waals surface area contributed by atoms with Gasteiger partial charge in [0.1, 0.15) is 11.5 Å². The molecule has 1 aliphatic heterocycles. The number of fused-ring (bicyclic) bond motifs is 10. The lowest BCUT2D eigenvalue weighted by Crippen LogP contribution is -2.32. The highest BCUT2D eigenvalue weighted by Gasteiger charge is 2.51. The first kappa shape index (κ1) is 35.0. The maximum atomic E-state index is 7.07. The lowest BCUT2D eigenvalue weighted by atomic mass is 9.65. The zero-order valence-electron chi connectivity index (χ0n) is 33.4. The minimum atomic E-state index is -0.686. The first-order chi connectivity index (χ1) is 30.3. The van der Waals surface area contributed by atoms with Crippen molar-refractivity contribution >= 4 is 27.8 Å². The third-order valence-corrected chi connectivity index (χ3v) is 12.7. The van der Waals surface area contributed by atoms with Crippen LogP contribution >= 0.6 is 0 Å². The molecule has 0 radical (unpaired) electrons. The lowest BCUT2D eigenvalue weighted by molar-refractivity contribution is 0.436. The van der Waals surface area contributed by atoms with Crippen molar-refractivity contribution in [1.29, 1.82) is 0 Å². The predicted octanol–water partition coefficient (Wildman–Crippen LogP) is 15.8. The van der Waals surface area contributed by atoms with Crippen LogP contribution in [0.1, 0.15) is 22.3 Å². The SMILES string of the molecule is c1ccc(-c2cc3c(cc2-c2ccccc2)C2(c4ccccc4O3)c3ccccc3-c3ccc(N(c4ccccc4-c4ccccc4)c4cccc5ccccc45)cc32)cc1. The highest BCUT2D eigenvalue weighted by Crippen LogP contribution is 2.64. The molecule has 0 bridgehead atoms. The van der Waals surface area contributed by atoms with Crippen LogP contribution in [0.5, 0.6) is 11.5 Å². The van der Waals surface area contributed by atoms with Gasteiger partial charge >= 0.3 is 0 Å². The second kappa shape index (κ2) is 14.1. The lowest BCUT2D eigenvalue weighted by Gasteiger charge is -2.40. The second-order valence-corrected chi connectivity index (χ2v) is 16.0. The normalized spacial score (nSPS) is 14.4. The smallest absolute Gasteiger partial charge is 0.132 e. The van der Waals surface area contributed by atoms with Crippen molar-refractivity contribution < 1.29 is 4.74 Å². The van der Waals surface area contributed by atoms with E-state index >= 15 is 0 Å². The van der Waals surface area contributed by atoms with Crippen LogP contribution in [0.15, 0.2) is 237 Å². The Bertz CT molecular complexity index is 3280. The number of anilines is 3. The highest BCUT2D eigenvalue weighted by molar-refractivity contribution is 6.02. The third-order valence-electron chi connectivity index (χ3n) is 12.7. The first-order valence-corrected chi connectivity index (χ1v) is 21.0. The zero-order valence-corrected chi connectivity index (χ0v) is 33.4. The fraction of sp³-hybridized carbons (Fsp3) is 0.0169. The van der Waals surface area contributed by atoms with Crippen LogP contribution < -0.4 is 9.64 Å². The summed E-state index contributed by atoms with van der Waals surface area (Å²) < 4.78 is 7.07. The minimum absolute atomic E-state index is 0.686. The maximum absolute atomic E-state index is 7.07. The van der Waals surface area contributed by atoms with Gasteiger partial charge in [-0.2, -0.15) is 0 Å². The van der Waals surface area contributed by atoms with E-state index in [4.69, 9.17) is 4.74 Å². The number of hydrogen-bond donors (Lipinski definition) is 0. The van der Waals surface area contributed by atoms with Crippen LogP contribution in [-0.2, 0) is 5.41 Å². The molecule has 0 aromatic heterocycles. The molecule has 0 amide bonds. The number of hydrogen-bond acceptors (Lipinski definition) is 2. The molecule has 2 aliphatic rings. The van der Waals surface area contributed by atoms with E-state index < -0.39 is 5.41 Å². The topological polar surface area (TPSA) is 12.5 Å². The van der Waals surface area contributed by atoms with Crippen LogP contribution in [0.4, 0.5) is 17.1 Å². The summed E-state index contributed by atoms with van der Waals surface area (Å²) in [6.07, 6.45) is 0. The van der Waals surface area contributed by atoms with Crippen LogP contribution in [-0.4, -0.2) is 0 Å². The number of benzene rings is 10. The molecule has 0 saturated carbocycles. The summed E-state index contributed by atoms with van der Waals surface area (Å²) in [5, 5.41) is 2.39. The Balaban J connectivity index is 1.18. The molecule has 10 aromatic carbocycles. The molecule has 0 fully saturated rings. The van der Waals surface area contributed by atoms with Gasteiger partial charge in [-0.3, -0.25) is 0 Å². The Labute approximate surface area is 356 Å². The Morgan fingerprint density at radius 2 is 0.852 bits per heavy atom. The van der Waals surface area contributed by atoms with Crippen molar-refractivity contribution in [2.24, 2.45) is 0 Å². The quantitative estimate of drug-likeness (QED) is 0.167. The van der Waals surface area contributed by atoms with E-state index in [1.807, 2.05) is 0 Å². The van der Waals surface area contributed by atoms with Gasteiger partial charge in [0.05, 0.1) is 16.8 Å². The summed E-state index contributed by atoms with van der Waals surface area (Å²) in [6.45, 7) is 0. The largest absolute Gasteiger partial charge is 0.457 e. The number of ether oxygens (including phenoxy) is 1. The van der Waals surface area contributed by atoms with Crippen LogP contribution in [0.2, 0.25) is 0 Å². The molecule has 0 N–H and O–H groups in total. The molecular weight excluding hydrogens is 739 g/mol. The number of rotatable bonds is 6. The molecule has 0 saturated heterocycles. The molecule has 12 rings (SSSR count). The summed E-state index contributed by atoms with van der Waals surface area (Å²) in [5.41, 5.74) is 16.8. The van der Waals surface area contributed by atoms with Crippen LogP contribution in [0, 0.1) is 0 Å². The van der Waals surface area contributed by atoms with Gasteiger partial charge in [0, 0.05) is 27.8 Å². The molecule has 1 aliphatic carbocycles. The second-order valence-electron chi connectivity index (χ2n) is 16.0. The fourth-order valence-corrected chi connectivity index (χ4v) is 10.1. The monoisotopic (exact) mass is 777 g/mol. The Morgan fingerprint density at radius 1 is 0.311 bits per heavy atom. The highest BCUT2D eigenvalue weighted by atomic mass is 16.5. The van der Waals surface area contributed by atoms with E-state index in [-0.39, 0.29) is 0 Å². The summed E-state index contributed by atoms with van der Waals surface area (Å²) in [6, 6.07) is 85.9. The van der Waals surface area contributed by atoms with E-state index in [2.05, 4.69) is 241 Å². The molecular formula is C59H39NO. The Morgan fingerprint density at radius 3 is 1.61 bits per heavy atom. The van der Waals surface area contributed by atoms with Gasteiger partial charge in [-0.05, 0) is 97.9 Å². The third kappa shape index (κ3) is 5.43. The summed E-state index contributed by atoms with van der Waals surface area (Å²) in [5.74, 6) is 1.74. The number of nitrogens with zero attached hydrogens (tertiary/aromatic N) is 1. The van der Waals surface area contributed by atoms with Gasteiger partial charge in [0.15, 0.2) is 0 Å². The van der Waals surface area contributed by atoms with Gasteiger partial charge in [-0.25, -0.2) is 0 Å². The van der Waals surface area contributed by atoms with Crippen molar-refractivity contribution in [3.63, 3.8) is 0 Å². The molecule has 1 unspecified atom stereocenters. The van der Waals surface area contributed by atoms with Crippen LogP contribution in [0.3, 0.4) is 0 Å². The van der Waals surface area contributed by atoms with Crippen molar-refractivity contribution in [1.82, 2.24) is 0 Å². The maximum Gasteiger partial charge on any atom is 0.132 e. The predicted molar refractivity (Wildman–Crippen MR) is 252 cm³/mol. The van der Waals surface area contributed by atoms with Crippen LogP contribution in [0.25, 0.3) is 55.3 Å². The molecule has 2 heteroatoms. The van der Waals surface area contributed by atoms with Crippen molar-refractivity contribution in [2.45, 2.75) is 5.41 Å². The molecule has 1 spiro atoms. The van der Waals surface area contributed by atoms with Gasteiger partial charge in [0.25, 0.3) is 0 Å². The average molecular weight is 778 g/mol. The summed E-state index contributed by atoms with van der Waals surface area (Å²) in [4.78, 5) is 2.47. The Kier molecular flexibility index (Phi) is 8.11. The van der Waals surface area contributed by atoms with E-state index in [0.29, 0.717) is 0 Å². The zero-order chi connectivity index (χ0) is 40.3. The Hall–Kier alpha value is -7.94. The molecule has 61 heavy (non-hydrogen) atoms. The standard InChI is InChI=1S/C59H39NO/c1-4-19-40(20-5-1)45-28-13-16-32-55(45)60(56-33-18-26-41-25-10-11-27-46(41)56)44-35-36-48-47-29-12-14-30-51(47)59(53(48)37-44)52-31-15-17-34-57(52)61-58-39-50(43-23-8-3-9-24-43)49(38-54(58)59)42-21-6-2-7-22-42/h1-39H. The van der Waals surface area contributed by atoms with Gasteiger partial charge in [-0.15, -0.1) is 0 Å². The minimum Gasteiger partial charge on any atom is -0.457 e. The molecule has 2 nitrogen and oxygen atoms in total. The summed E-state index contributed by atoms with van der Waals surface area (Å²) >= 11 is 0. The van der Waals surface area contributed by atoms with E-state index in [9.17, 15) is 0 Å². The molecule has 10 aromatic rings. The van der Waals surface area contributed by atoms with Crippen molar-refractivity contribution in [3.8, 4) is 56.0 Å². The number of para-hydroxylation sites is 2. The van der Waals surface area contributed by atoms with E-state index in [1.54, 1.807) is 0 Å². The van der Waals surface area contributed by atoms with Gasteiger partial charge < -0.3 is 9.64 Å². The van der Waals surface area contributed by atoms with E-state index in [1.165, 1.54) is 44.2 Å². The molecule has 1 atom stereocenters. The fourth-order valence-electron chi connectivity index (χ4n) is 10.1. The van der Waals surface area contributed by atoms with Gasteiger partial charge in [-0.1, -0.05) is 194 Å². The van der Waals surface area contributed by atoms with Crippen molar-refractivity contribution in [2.75, 3.05) is 4.90 Å². The molecule has 1 heterocycles. The first-order valence-electron chi connectivity index (χ1n) is 21.0. The van der Waals surface area contributed by atoms with Gasteiger partial charge in [0.2, 0.25) is 0 Å².